The molecular weight excluding hydrogens is 282 g/mol. The summed E-state index contributed by atoms with van der Waals surface area (Å²) in [5.74, 6) is -3.16. The smallest absolute Gasteiger partial charge is 0.321 e. The quantitative estimate of drug-likeness (QED) is 0.882. The maximum absolute atomic E-state index is 13.5. The number of carboxylic acids is 1. The standard InChI is InChI=1S/C14H16F2N2O3/c1-14(12(19)20)6-3-7-18(8-14)13(21)17-10-5-2-4-9(15)11(10)16/h2,4-5H,3,6-8H2,1H3,(H,17,21)(H,19,20). The lowest BCUT2D eigenvalue weighted by Crippen LogP contribution is -2.49. The summed E-state index contributed by atoms with van der Waals surface area (Å²) < 4.78 is 26.6. The molecule has 1 saturated heterocycles. The monoisotopic (exact) mass is 298 g/mol. The summed E-state index contributed by atoms with van der Waals surface area (Å²) in [5, 5.41) is 11.5. The van der Waals surface area contributed by atoms with E-state index in [2.05, 4.69) is 5.32 Å². The SMILES string of the molecule is CC1(C(=O)O)CCCN(C(=O)Nc2cccc(F)c2F)C1. The van der Waals surface area contributed by atoms with Gasteiger partial charge in [0.05, 0.1) is 11.1 Å². The molecule has 1 atom stereocenters. The van der Waals surface area contributed by atoms with Crippen LogP contribution in [0.4, 0.5) is 19.3 Å². The van der Waals surface area contributed by atoms with Crippen LogP contribution in [0, 0.1) is 17.0 Å². The number of aliphatic carboxylic acids is 1. The van der Waals surface area contributed by atoms with E-state index in [0.29, 0.717) is 19.4 Å². The molecule has 2 N–H and O–H groups in total. The van der Waals surface area contributed by atoms with Crippen molar-refractivity contribution in [2.45, 2.75) is 19.8 Å². The molecule has 21 heavy (non-hydrogen) atoms. The summed E-state index contributed by atoms with van der Waals surface area (Å²) >= 11 is 0. The number of benzene rings is 1. The van der Waals surface area contributed by atoms with Crippen LogP contribution in [0.15, 0.2) is 18.2 Å². The molecule has 0 spiro atoms. The molecule has 0 radical (unpaired) electrons. The third kappa shape index (κ3) is 3.12. The summed E-state index contributed by atoms with van der Waals surface area (Å²) in [6.45, 7) is 1.98. The molecule has 1 aromatic carbocycles. The van der Waals surface area contributed by atoms with Gasteiger partial charge in [-0.25, -0.2) is 13.6 Å². The molecule has 1 fully saturated rings. The second kappa shape index (κ2) is 5.67. The normalized spacial score (nSPS) is 22.0. The molecule has 0 aromatic heterocycles. The molecule has 1 heterocycles. The molecule has 114 valence electrons. The Kier molecular flexibility index (Phi) is 4.11. The lowest BCUT2D eigenvalue weighted by molar-refractivity contribution is -0.150. The van der Waals surface area contributed by atoms with E-state index in [-0.39, 0.29) is 12.2 Å². The van der Waals surface area contributed by atoms with E-state index in [0.717, 1.165) is 6.07 Å². The first kappa shape index (κ1) is 15.2. The van der Waals surface area contributed by atoms with E-state index < -0.39 is 29.0 Å². The van der Waals surface area contributed by atoms with Gasteiger partial charge in [0.2, 0.25) is 0 Å². The van der Waals surface area contributed by atoms with Gasteiger partial charge in [-0.1, -0.05) is 6.07 Å². The van der Waals surface area contributed by atoms with Crippen molar-refractivity contribution in [1.82, 2.24) is 4.90 Å². The van der Waals surface area contributed by atoms with Crippen molar-refractivity contribution < 1.29 is 23.5 Å². The van der Waals surface area contributed by atoms with E-state index in [1.54, 1.807) is 6.92 Å². The third-order valence-electron chi connectivity index (χ3n) is 3.69. The van der Waals surface area contributed by atoms with Crippen LogP contribution in [0.1, 0.15) is 19.8 Å². The number of carboxylic acid groups (broad SMARTS) is 1. The number of nitrogens with zero attached hydrogens (tertiary/aromatic N) is 1. The van der Waals surface area contributed by atoms with E-state index in [1.807, 2.05) is 0 Å². The Morgan fingerprint density at radius 2 is 2.10 bits per heavy atom. The second-order valence-corrected chi connectivity index (χ2v) is 5.42. The van der Waals surface area contributed by atoms with Crippen LogP contribution in [0.25, 0.3) is 0 Å². The second-order valence-electron chi connectivity index (χ2n) is 5.42. The molecule has 0 saturated carbocycles. The maximum Gasteiger partial charge on any atom is 0.321 e. The molecule has 1 aromatic rings. The minimum Gasteiger partial charge on any atom is -0.481 e. The largest absolute Gasteiger partial charge is 0.481 e. The van der Waals surface area contributed by atoms with Crippen LogP contribution < -0.4 is 5.32 Å². The summed E-state index contributed by atoms with van der Waals surface area (Å²) in [6.07, 6.45) is 1.02. The molecule has 1 aliphatic rings. The lowest BCUT2D eigenvalue weighted by Gasteiger charge is -2.37. The molecule has 1 aliphatic heterocycles. The van der Waals surface area contributed by atoms with Crippen molar-refractivity contribution in [3.63, 3.8) is 0 Å². The minimum absolute atomic E-state index is 0.0328. The molecule has 0 aliphatic carbocycles. The topological polar surface area (TPSA) is 69.6 Å². The highest BCUT2D eigenvalue weighted by Gasteiger charge is 2.39. The van der Waals surface area contributed by atoms with Gasteiger partial charge in [-0.05, 0) is 31.9 Å². The summed E-state index contributed by atoms with van der Waals surface area (Å²) in [7, 11) is 0. The molecule has 5 nitrogen and oxygen atoms in total. The number of urea groups is 1. The van der Waals surface area contributed by atoms with Crippen molar-refractivity contribution in [2.75, 3.05) is 18.4 Å². The number of halogens is 2. The minimum atomic E-state index is -1.14. The van der Waals surface area contributed by atoms with Crippen LogP contribution >= 0.6 is 0 Å². The van der Waals surface area contributed by atoms with Gasteiger partial charge in [0.1, 0.15) is 0 Å². The number of likely N-dealkylation sites (tertiary alicyclic amines) is 1. The van der Waals surface area contributed by atoms with E-state index in [9.17, 15) is 23.5 Å². The number of amides is 2. The first-order valence-electron chi connectivity index (χ1n) is 6.57. The van der Waals surface area contributed by atoms with Crippen molar-refractivity contribution >= 4 is 17.7 Å². The van der Waals surface area contributed by atoms with Crippen LogP contribution in [-0.4, -0.2) is 35.1 Å². The van der Waals surface area contributed by atoms with E-state index in [4.69, 9.17) is 0 Å². The van der Waals surface area contributed by atoms with Crippen LogP contribution in [0.3, 0.4) is 0 Å². The van der Waals surface area contributed by atoms with Crippen molar-refractivity contribution in [1.29, 1.82) is 0 Å². The van der Waals surface area contributed by atoms with Gasteiger partial charge >= 0.3 is 12.0 Å². The fraction of sp³-hybridized carbons (Fsp3) is 0.429. The highest BCUT2D eigenvalue weighted by Crippen LogP contribution is 2.30. The zero-order valence-corrected chi connectivity index (χ0v) is 11.5. The van der Waals surface area contributed by atoms with Crippen LogP contribution in [-0.2, 0) is 4.79 Å². The molecule has 2 amide bonds. The number of anilines is 1. The van der Waals surface area contributed by atoms with Gasteiger partial charge in [-0.15, -0.1) is 0 Å². The lowest BCUT2D eigenvalue weighted by atomic mass is 9.82. The summed E-state index contributed by atoms with van der Waals surface area (Å²) in [6, 6.07) is 2.85. The van der Waals surface area contributed by atoms with Gasteiger partial charge in [-0.3, -0.25) is 4.79 Å². The number of hydrogen-bond acceptors (Lipinski definition) is 2. The fourth-order valence-electron chi connectivity index (χ4n) is 2.38. The zero-order chi connectivity index (χ0) is 15.6. The number of carbonyl (C=O) groups is 2. The first-order valence-corrected chi connectivity index (χ1v) is 6.57. The van der Waals surface area contributed by atoms with Crippen molar-refractivity contribution in [3.05, 3.63) is 29.8 Å². The molecule has 7 heteroatoms. The van der Waals surface area contributed by atoms with Gasteiger partial charge in [-0.2, -0.15) is 0 Å². The third-order valence-corrected chi connectivity index (χ3v) is 3.69. The Bertz CT molecular complexity index is 579. The Labute approximate surface area is 120 Å². The maximum atomic E-state index is 13.5. The van der Waals surface area contributed by atoms with Gasteiger partial charge in [0.25, 0.3) is 0 Å². The summed E-state index contributed by atoms with van der Waals surface area (Å²) in [4.78, 5) is 24.6. The van der Waals surface area contributed by atoms with Gasteiger partial charge in [0, 0.05) is 13.1 Å². The number of carbonyl (C=O) groups excluding carboxylic acids is 1. The number of hydrogen-bond donors (Lipinski definition) is 2. The van der Waals surface area contributed by atoms with E-state index >= 15 is 0 Å². The van der Waals surface area contributed by atoms with Crippen molar-refractivity contribution in [2.24, 2.45) is 5.41 Å². The molecule has 0 bridgehead atoms. The number of nitrogens with one attached hydrogen (secondary N) is 1. The first-order chi connectivity index (χ1) is 9.83. The highest BCUT2D eigenvalue weighted by atomic mass is 19.2. The van der Waals surface area contributed by atoms with Crippen molar-refractivity contribution in [3.8, 4) is 0 Å². The molecule has 2 rings (SSSR count). The van der Waals surface area contributed by atoms with E-state index in [1.165, 1.54) is 17.0 Å². The van der Waals surface area contributed by atoms with Gasteiger partial charge < -0.3 is 15.3 Å². The van der Waals surface area contributed by atoms with Crippen LogP contribution in [0.5, 0.6) is 0 Å². The Hall–Kier alpha value is -2.18. The number of rotatable bonds is 2. The Morgan fingerprint density at radius 1 is 1.38 bits per heavy atom. The average molecular weight is 298 g/mol. The Morgan fingerprint density at radius 3 is 2.76 bits per heavy atom. The van der Waals surface area contributed by atoms with Gasteiger partial charge in [0.15, 0.2) is 11.6 Å². The molecular formula is C14H16F2N2O3. The molecule has 1 unspecified atom stereocenters. The Balaban J connectivity index is 2.10. The summed E-state index contributed by atoms with van der Waals surface area (Å²) in [5.41, 5.74) is -1.28. The predicted octanol–water partition coefficient (Wildman–Crippen LogP) is 2.68. The fourth-order valence-corrected chi connectivity index (χ4v) is 2.38. The van der Waals surface area contributed by atoms with Crippen LogP contribution in [0.2, 0.25) is 0 Å². The highest BCUT2D eigenvalue weighted by molar-refractivity contribution is 5.90. The number of piperidine rings is 1. The zero-order valence-electron chi connectivity index (χ0n) is 11.5. The average Bonchev–Trinajstić information content (AvgIpc) is 2.43. The predicted molar refractivity (Wildman–Crippen MR) is 71.9 cm³/mol.